The Labute approximate surface area is 111 Å². The van der Waals surface area contributed by atoms with Crippen LogP contribution in [0.15, 0.2) is 18.2 Å². The van der Waals surface area contributed by atoms with Crippen LogP contribution < -0.4 is 10.2 Å². The van der Waals surface area contributed by atoms with E-state index in [0.29, 0.717) is 0 Å². The second-order valence-corrected chi connectivity index (χ2v) is 4.46. The summed E-state index contributed by atoms with van der Waals surface area (Å²) in [6.45, 7) is 11.2. The Morgan fingerprint density at radius 1 is 1.28 bits per heavy atom. The molecule has 0 bridgehead atoms. The van der Waals surface area contributed by atoms with Crippen molar-refractivity contribution in [2.45, 2.75) is 27.3 Å². The monoisotopic (exact) mass is 250 g/mol. The van der Waals surface area contributed by atoms with E-state index in [0.717, 1.165) is 32.8 Å². The van der Waals surface area contributed by atoms with Crippen molar-refractivity contribution in [3.05, 3.63) is 29.3 Å². The minimum Gasteiger partial charge on any atom is -0.383 e. The molecular weight excluding hydrogens is 224 g/mol. The van der Waals surface area contributed by atoms with E-state index in [1.807, 2.05) is 0 Å². The van der Waals surface area contributed by atoms with Crippen LogP contribution in [0.2, 0.25) is 0 Å². The first-order chi connectivity index (χ1) is 8.72. The van der Waals surface area contributed by atoms with Gasteiger partial charge >= 0.3 is 0 Å². The van der Waals surface area contributed by atoms with Crippen LogP contribution >= 0.6 is 0 Å². The highest BCUT2D eigenvalue weighted by Crippen LogP contribution is 2.19. The fraction of sp³-hybridized carbons (Fsp3) is 0.600. The van der Waals surface area contributed by atoms with E-state index in [4.69, 9.17) is 4.74 Å². The average Bonchev–Trinajstić information content (AvgIpc) is 2.38. The molecule has 0 saturated carbocycles. The minimum atomic E-state index is 0.770. The molecule has 1 aromatic rings. The van der Waals surface area contributed by atoms with Crippen molar-refractivity contribution in [3.8, 4) is 0 Å². The maximum Gasteiger partial charge on any atom is 0.0637 e. The van der Waals surface area contributed by atoms with Gasteiger partial charge in [0.2, 0.25) is 0 Å². The first-order valence-electron chi connectivity index (χ1n) is 6.77. The van der Waals surface area contributed by atoms with Crippen LogP contribution in [0.3, 0.4) is 0 Å². The molecule has 0 aliphatic rings. The maximum absolute atomic E-state index is 5.15. The number of hydrogen-bond donors (Lipinski definition) is 1. The molecule has 0 amide bonds. The van der Waals surface area contributed by atoms with Gasteiger partial charge in [-0.25, -0.2) is 0 Å². The number of ether oxygens (including phenoxy) is 1. The summed E-state index contributed by atoms with van der Waals surface area (Å²) < 4.78 is 5.15. The summed E-state index contributed by atoms with van der Waals surface area (Å²) in [5, 5.41) is 3.37. The Hall–Kier alpha value is -1.06. The molecule has 0 aliphatic carbocycles. The zero-order chi connectivity index (χ0) is 13.4. The summed E-state index contributed by atoms with van der Waals surface area (Å²) in [7, 11) is 1.75. The van der Waals surface area contributed by atoms with Crippen molar-refractivity contribution in [1.82, 2.24) is 5.32 Å². The first kappa shape index (κ1) is 15.0. The van der Waals surface area contributed by atoms with Crippen LogP contribution in [0.25, 0.3) is 0 Å². The predicted molar refractivity (Wildman–Crippen MR) is 78.3 cm³/mol. The van der Waals surface area contributed by atoms with Crippen LogP contribution in [0.1, 0.15) is 25.0 Å². The number of nitrogens with zero attached hydrogens (tertiary/aromatic N) is 1. The van der Waals surface area contributed by atoms with E-state index in [2.05, 4.69) is 49.2 Å². The molecule has 0 saturated heterocycles. The molecular formula is C15H26N2O. The van der Waals surface area contributed by atoms with Crippen LogP contribution in [0.5, 0.6) is 0 Å². The van der Waals surface area contributed by atoms with Crippen molar-refractivity contribution in [2.75, 3.05) is 38.3 Å². The zero-order valence-electron chi connectivity index (χ0n) is 12.1. The molecule has 1 aromatic carbocycles. The van der Waals surface area contributed by atoms with Gasteiger partial charge in [0.15, 0.2) is 0 Å². The molecule has 3 nitrogen and oxygen atoms in total. The van der Waals surface area contributed by atoms with Crippen LogP contribution in [-0.2, 0) is 11.3 Å². The van der Waals surface area contributed by atoms with Gasteiger partial charge in [-0.05, 0) is 43.7 Å². The Bertz CT molecular complexity index is 352. The lowest BCUT2D eigenvalue weighted by atomic mass is 10.1. The van der Waals surface area contributed by atoms with Crippen molar-refractivity contribution >= 4 is 5.69 Å². The number of aryl methyl sites for hydroxylation is 1. The number of methoxy groups -OCH3 is 1. The summed E-state index contributed by atoms with van der Waals surface area (Å²) >= 11 is 0. The quantitative estimate of drug-likeness (QED) is 0.767. The van der Waals surface area contributed by atoms with Crippen molar-refractivity contribution in [3.63, 3.8) is 0 Å². The summed E-state index contributed by atoms with van der Waals surface area (Å²) in [6, 6.07) is 6.70. The lowest BCUT2D eigenvalue weighted by Gasteiger charge is -2.23. The third-order valence-corrected chi connectivity index (χ3v) is 3.20. The number of rotatable bonds is 8. The predicted octanol–water partition coefficient (Wildman–Crippen LogP) is 2.58. The zero-order valence-corrected chi connectivity index (χ0v) is 12.1. The Kier molecular flexibility index (Phi) is 6.76. The van der Waals surface area contributed by atoms with E-state index in [1.54, 1.807) is 7.11 Å². The molecule has 0 spiro atoms. The van der Waals surface area contributed by atoms with Crippen molar-refractivity contribution in [2.24, 2.45) is 0 Å². The normalized spacial score (nSPS) is 10.7. The average molecular weight is 250 g/mol. The van der Waals surface area contributed by atoms with Gasteiger partial charge in [-0.2, -0.15) is 0 Å². The summed E-state index contributed by atoms with van der Waals surface area (Å²) in [6.07, 6.45) is 0. The molecule has 3 heteroatoms. The molecule has 18 heavy (non-hydrogen) atoms. The largest absolute Gasteiger partial charge is 0.383 e. The number of nitrogens with one attached hydrogen (secondary N) is 1. The Morgan fingerprint density at radius 3 is 2.61 bits per heavy atom. The molecule has 0 radical (unpaired) electrons. The van der Waals surface area contributed by atoms with Gasteiger partial charge < -0.3 is 15.0 Å². The van der Waals surface area contributed by atoms with E-state index in [1.165, 1.54) is 16.8 Å². The van der Waals surface area contributed by atoms with Gasteiger partial charge in [0.25, 0.3) is 0 Å². The number of hydrogen-bond acceptors (Lipinski definition) is 3. The number of anilines is 1. The topological polar surface area (TPSA) is 24.5 Å². The number of likely N-dealkylation sites (N-methyl/N-ethyl adjacent to an activating group) is 1. The highest BCUT2D eigenvalue weighted by Gasteiger charge is 2.06. The van der Waals surface area contributed by atoms with Gasteiger partial charge in [0, 0.05) is 32.4 Å². The molecule has 0 atom stereocenters. The Balaban J connectivity index is 2.74. The maximum atomic E-state index is 5.15. The van der Waals surface area contributed by atoms with Crippen molar-refractivity contribution in [1.29, 1.82) is 0 Å². The third kappa shape index (κ3) is 4.31. The summed E-state index contributed by atoms with van der Waals surface area (Å²) in [5.74, 6) is 0. The van der Waals surface area contributed by atoms with Crippen LogP contribution in [0.4, 0.5) is 5.69 Å². The summed E-state index contributed by atoms with van der Waals surface area (Å²) in [5.41, 5.74) is 4.01. The van der Waals surface area contributed by atoms with Crippen LogP contribution in [0, 0.1) is 6.92 Å². The lowest BCUT2D eigenvalue weighted by molar-refractivity contribution is 0.205. The Morgan fingerprint density at radius 2 is 2.06 bits per heavy atom. The van der Waals surface area contributed by atoms with E-state index < -0.39 is 0 Å². The summed E-state index contributed by atoms with van der Waals surface area (Å²) in [4.78, 5) is 2.34. The fourth-order valence-corrected chi connectivity index (χ4v) is 2.01. The number of benzene rings is 1. The highest BCUT2D eigenvalue weighted by molar-refractivity contribution is 5.50. The van der Waals surface area contributed by atoms with E-state index in [9.17, 15) is 0 Å². The molecule has 0 aliphatic heterocycles. The van der Waals surface area contributed by atoms with Gasteiger partial charge in [-0.3, -0.25) is 0 Å². The first-order valence-corrected chi connectivity index (χ1v) is 6.77. The third-order valence-electron chi connectivity index (χ3n) is 3.20. The highest BCUT2D eigenvalue weighted by atomic mass is 16.5. The van der Waals surface area contributed by atoms with Gasteiger partial charge in [0.1, 0.15) is 0 Å². The molecule has 1 rings (SSSR count). The van der Waals surface area contributed by atoms with Gasteiger partial charge in [-0.1, -0.05) is 13.0 Å². The van der Waals surface area contributed by atoms with E-state index in [-0.39, 0.29) is 0 Å². The SMILES string of the molecule is CCNCc1ccc(N(CC)CCOC)cc1C. The van der Waals surface area contributed by atoms with Gasteiger partial charge in [0.05, 0.1) is 6.61 Å². The molecule has 102 valence electrons. The molecule has 0 aromatic heterocycles. The minimum absolute atomic E-state index is 0.770. The fourth-order valence-electron chi connectivity index (χ4n) is 2.01. The van der Waals surface area contributed by atoms with E-state index >= 15 is 0 Å². The molecule has 0 unspecified atom stereocenters. The van der Waals surface area contributed by atoms with Crippen LogP contribution in [-0.4, -0.2) is 33.4 Å². The molecule has 0 fully saturated rings. The molecule has 1 N–H and O–H groups in total. The lowest BCUT2D eigenvalue weighted by Crippen LogP contribution is -2.27. The molecule has 0 heterocycles. The standard InChI is InChI=1S/C15H26N2O/c1-5-16-12-14-7-8-15(11-13(14)3)17(6-2)9-10-18-4/h7-8,11,16H,5-6,9-10,12H2,1-4H3. The second kappa shape index (κ2) is 8.11. The van der Waals surface area contributed by atoms with Gasteiger partial charge in [-0.15, -0.1) is 0 Å². The van der Waals surface area contributed by atoms with Crippen molar-refractivity contribution < 1.29 is 4.74 Å². The smallest absolute Gasteiger partial charge is 0.0637 e. The second-order valence-electron chi connectivity index (χ2n) is 4.46.